The van der Waals surface area contributed by atoms with E-state index in [4.69, 9.17) is 40.1 Å². The molecule has 0 aliphatic carbocycles. The number of pyridine rings is 1. The molecule has 0 unspecified atom stereocenters. The van der Waals surface area contributed by atoms with Crippen molar-refractivity contribution in [2.75, 3.05) is 0 Å². The third kappa shape index (κ3) is 3.30. The number of hydrogen-bond acceptors (Lipinski definition) is 3. The van der Waals surface area contributed by atoms with Crippen LogP contribution >= 0.6 is 34.8 Å². The van der Waals surface area contributed by atoms with E-state index in [9.17, 15) is 8.78 Å². The molecule has 0 N–H and O–H groups in total. The lowest BCUT2D eigenvalue weighted by Gasteiger charge is -2.04. The molecule has 0 radical (unpaired) electrons. The highest BCUT2D eigenvalue weighted by atomic mass is 35.5. The van der Waals surface area contributed by atoms with Crippen LogP contribution in [0.5, 0.6) is 0 Å². The minimum atomic E-state index is -0.877. The Labute approximate surface area is 133 Å². The van der Waals surface area contributed by atoms with E-state index in [2.05, 4.69) is 9.98 Å². The Bertz CT molecular complexity index is 785. The van der Waals surface area contributed by atoms with Gasteiger partial charge in [-0.25, -0.2) is 18.8 Å². The minimum Gasteiger partial charge on any atom is -0.241 e. The lowest BCUT2D eigenvalue weighted by Crippen LogP contribution is -1.98. The van der Waals surface area contributed by atoms with Crippen LogP contribution in [0.2, 0.25) is 10.2 Å². The molecule has 0 aliphatic rings. The van der Waals surface area contributed by atoms with Gasteiger partial charge in [-0.1, -0.05) is 34.8 Å². The molecule has 0 spiro atoms. The first-order chi connectivity index (χ1) is 9.93. The molecule has 0 atom stereocenters. The van der Waals surface area contributed by atoms with Crippen LogP contribution < -0.4 is 0 Å². The number of nitriles is 1. The van der Waals surface area contributed by atoms with E-state index in [1.54, 1.807) is 6.07 Å². The van der Waals surface area contributed by atoms with Crippen LogP contribution in [0.25, 0.3) is 0 Å². The Balaban J connectivity index is 2.52. The first-order valence-corrected chi connectivity index (χ1v) is 6.51. The maximum Gasteiger partial charge on any atom is 0.186 e. The fourth-order valence-corrected chi connectivity index (χ4v) is 2.05. The molecule has 0 saturated carbocycles. The minimum absolute atomic E-state index is 0.00971. The van der Waals surface area contributed by atoms with E-state index < -0.39 is 11.6 Å². The second-order valence-electron chi connectivity index (χ2n) is 3.76. The summed E-state index contributed by atoms with van der Waals surface area (Å²) in [6.45, 7) is 0. The molecule has 0 fully saturated rings. The first kappa shape index (κ1) is 15.6. The summed E-state index contributed by atoms with van der Waals surface area (Å²) in [7, 11) is 0. The Kier molecular flexibility index (Phi) is 4.73. The van der Waals surface area contributed by atoms with Crippen LogP contribution in [0.1, 0.15) is 11.1 Å². The average Bonchev–Trinajstić information content (AvgIpc) is 2.45. The average molecular weight is 347 g/mol. The van der Waals surface area contributed by atoms with Gasteiger partial charge < -0.3 is 0 Å². The quantitative estimate of drug-likeness (QED) is 0.576. The summed E-state index contributed by atoms with van der Waals surface area (Å²) >= 11 is 17.2. The Morgan fingerprint density at radius 3 is 2.67 bits per heavy atom. The van der Waals surface area contributed by atoms with Gasteiger partial charge in [0, 0.05) is 11.8 Å². The molecule has 1 aromatic heterocycles. The van der Waals surface area contributed by atoms with Gasteiger partial charge in [-0.2, -0.15) is 5.26 Å². The highest BCUT2D eigenvalue weighted by molar-refractivity contribution is 6.70. The number of rotatable bonds is 2. The molecule has 0 amide bonds. The maximum atomic E-state index is 13.8. The number of aromatic nitrogens is 1. The molecule has 1 heterocycles. The van der Waals surface area contributed by atoms with Gasteiger partial charge in [0.05, 0.1) is 10.6 Å². The van der Waals surface area contributed by atoms with Gasteiger partial charge >= 0.3 is 0 Å². The van der Waals surface area contributed by atoms with Gasteiger partial charge in [0.15, 0.2) is 11.0 Å². The highest BCUT2D eigenvalue weighted by Crippen LogP contribution is 2.26. The van der Waals surface area contributed by atoms with E-state index in [0.717, 1.165) is 12.1 Å². The molecular formula is C13H4Cl3F2N3. The van der Waals surface area contributed by atoms with Crippen molar-refractivity contribution in [2.45, 2.75) is 0 Å². The molecule has 2 aromatic rings. The third-order valence-electron chi connectivity index (χ3n) is 2.44. The van der Waals surface area contributed by atoms with Crippen molar-refractivity contribution < 1.29 is 8.78 Å². The van der Waals surface area contributed by atoms with E-state index in [1.807, 2.05) is 0 Å². The molecule has 1 aromatic carbocycles. The van der Waals surface area contributed by atoms with Crippen LogP contribution in [-0.2, 0) is 0 Å². The zero-order chi connectivity index (χ0) is 15.6. The fourth-order valence-electron chi connectivity index (χ4n) is 1.45. The van der Waals surface area contributed by atoms with Crippen LogP contribution in [0.3, 0.4) is 0 Å². The maximum absolute atomic E-state index is 13.8. The van der Waals surface area contributed by atoms with Crippen molar-refractivity contribution in [3.63, 3.8) is 0 Å². The molecule has 0 aliphatic heterocycles. The van der Waals surface area contributed by atoms with Gasteiger partial charge in [0.25, 0.3) is 0 Å². The summed E-state index contributed by atoms with van der Waals surface area (Å²) in [4.78, 5) is 7.27. The molecule has 8 heteroatoms. The van der Waals surface area contributed by atoms with E-state index in [-0.39, 0.29) is 32.2 Å². The predicted octanol–water partition coefficient (Wildman–Crippen LogP) is 4.86. The van der Waals surface area contributed by atoms with Crippen LogP contribution in [-0.4, -0.2) is 10.2 Å². The lowest BCUT2D eigenvalue weighted by atomic mass is 10.1. The molecular weight excluding hydrogens is 343 g/mol. The zero-order valence-corrected chi connectivity index (χ0v) is 12.3. The van der Waals surface area contributed by atoms with Crippen molar-refractivity contribution in [3.05, 3.63) is 57.3 Å². The number of halogens is 5. The van der Waals surface area contributed by atoms with Crippen LogP contribution in [0, 0.1) is 23.0 Å². The largest absolute Gasteiger partial charge is 0.241 e. The summed E-state index contributed by atoms with van der Waals surface area (Å²) in [6.07, 6.45) is 1.23. The highest BCUT2D eigenvalue weighted by Gasteiger charge is 2.14. The van der Waals surface area contributed by atoms with Crippen LogP contribution in [0.4, 0.5) is 14.5 Å². The van der Waals surface area contributed by atoms with Gasteiger partial charge in [-0.3, -0.25) is 0 Å². The summed E-state index contributed by atoms with van der Waals surface area (Å²) in [5.41, 5.74) is -0.395. The lowest BCUT2D eigenvalue weighted by molar-refractivity contribution is 0.622. The standard InChI is InChI=1S/C13H4Cl3F2N3/c14-8-4-7(9(17)3-6(8)5-19)12(15)21-10-1-2-20-13(16)11(10)18/h1-4H. The van der Waals surface area contributed by atoms with Crippen molar-refractivity contribution in [1.82, 2.24) is 4.98 Å². The molecule has 2 rings (SSSR count). The third-order valence-corrected chi connectivity index (χ3v) is 3.31. The summed E-state index contributed by atoms with van der Waals surface area (Å²) in [6, 6.07) is 5.02. The van der Waals surface area contributed by atoms with E-state index >= 15 is 0 Å². The van der Waals surface area contributed by atoms with Gasteiger partial charge in [0.2, 0.25) is 0 Å². The predicted molar refractivity (Wildman–Crippen MR) is 77.4 cm³/mol. The van der Waals surface area contributed by atoms with E-state index in [0.29, 0.717) is 0 Å². The van der Waals surface area contributed by atoms with Gasteiger partial charge in [0.1, 0.15) is 22.7 Å². The first-order valence-electron chi connectivity index (χ1n) is 5.37. The molecule has 3 nitrogen and oxygen atoms in total. The summed E-state index contributed by atoms with van der Waals surface area (Å²) in [5.74, 6) is -1.68. The molecule has 21 heavy (non-hydrogen) atoms. The second kappa shape index (κ2) is 6.35. The SMILES string of the molecule is N#Cc1cc(F)c(C(Cl)=Nc2ccnc(Cl)c2F)cc1Cl. The monoisotopic (exact) mass is 345 g/mol. The number of aliphatic imine (C=N–C) groups is 1. The molecule has 0 bridgehead atoms. The van der Waals surface area contributed by atoms with Crippen molar-refractivity contribution in [2.24, 2.45) is 4.99 Å². The summed E-state index contributed by atoms with van der Waals surface area (Å²) < 4.78 is 27.5. The topological polar surface area (TPSA) is 49.0 Å². The zero-order valence-electron chi connectivity index (χ0n) is 10.0. The normalized spacial score (nSPS) is 11.3. The smallest absolute Gasteiger partial charge is 0.186 e. The Morgan fingerprint density at radius 1 is 1.29 bits per heavy atom. The molecule has 106 valence electrons. The number of hydrogen-bond donors (Lipinski definition) is 0. The fraction of sp³-hybridized carbons (Fsp3) is 0. The van der Waals surface area contributed by atoms with Gasteiger partial charge in [-0.05, 0) is 18.2 Å². The van der Waals surface area contributed by atoms with Crippen molar-refractivity contribution >= 4 is 45.7 Å². The Hall–Kier alpha value is -1.74. The van der Waals surface area contributed by atoms with Gasteiger partial charge in [-0.15, -0.1) is 0 Å². The number of benzene rings is 1. The number of nitrogens with zero attached hydrogens (tertiary/aromatic N) is 3. The second-order valence-corrected chi connectivity index (χ2v) is 4.88. The summed E-state index contributed by atoms with van der Waals surface area (Å²) in [5, 5.41) is 8.04. The van der Waals surface area contributed by atoms with Crippen molar-refractivity contribution in [1.29, 1.82) is 5.26 Å². The van der Waals surface area contributed by atoms with Crippen LogP contribution in [0.15, 0.2) is 29.4 Å². The van der Waals surface area contributed by atoms with Crippen molar-refractivity contribution in [3.8, 4) is 6.07 Å². The molecule has 0 saturated heterocycles. The Morgan fingerprint density at radius 2 is 2.00 bits per heavy atom. The van der Waals surface area contributed by atoms with E-state index in [1.165, 1.54) is 12.3 Å².